The van der Waals surface area contributed by atoms with Crippen LogP contribution in [0.25, 0.3) is 0 Å². The predicted molar refractivity (Wildman–Crippen MR) is 57.7 cm³/mol. The van der Waals surface area contributed by atoms with Crippen molar-refractivity contribution in [3.63, 3.8) is 0 Å². The summed E-state index contributed by atoms with van der Waals surface area (Å²) >= 11 is 3.20. The zero-order chi connectivity index (χ0) is 11.3. The Hall–Kier alpha value is -0.880. The van der Waals surface area contributed by atoms with Crippen molar-refractivity contribution in [1.82, 2.24) is 10.5 Å². The van der Waals surface area contributed by atoms with Crippen molar-refractivity contribution < 1.29 is 14.1 Å². The van der Waals surface area contributed by atoms with Crippen molar-refractivity contribution in [2.24, 2.45) is 0 Å². The molecule has 6 heteroatoms. The van der Waals surface area contributed by atoms with Gasteiger partial charge in [-0.05, 0) is 6.92 Å². The first-order valence-electron chi connectivity index (χ1n) is 4.48. The lowest BCUT2D eigenvalue weighted by molar-refractivity contribution is -0.139. The topological polar surface area (TPSA) is 64.4 Å². The molecule has 15 heavy (non-hydrogen) atoms. The number of aromatic nitrogens is 1. The van der Waals surface area contributed by atoms with Gasteiger partial charge in [0, 0.05) is 12.6 Å². The van der Waals surface area contributed by atoms with Gasteiger partial charge in [0.15, 0.2) is 5.76 Å². The molecule has 0 bridgehead atoms. The molecule has 0 aliphatic carbocycles. The van der Waals surface area contributed by atoms with E-state index in [4.69, 9.17) is 4.52 Å². The Kier molecular flexibility index (Phi) is 4.77. The maximum Gasteiger partial charge on any atom is 0.320 e. The fraction of sp³-hybridized carbons (Fsp3) is 0.556. The zero-order valence-corrected chi connectivity index (χ0v) is 10.2. The summed E-state index contributed by atoms with van der Waals surface area (Å²) in [4.78, 5) is 10.7. The van der Waals surface area contributed by atoms with Gasteiger partial charge in [0.1, 0.15) is 4.83 Å². The summed E-state index contributed by atoms with van der Waals surface area (Å²) in [6, 6.07) is 1.84. The maximum absolute atomic E-state index is 11.0. The molecule has 1 atom stereocenters. The van der Waals surface area contributed by atoms with Crippen molar-refractivity contribution in [3.8, 4) is 0 Å². The van der Waals surface area contributed by atoms with Crippen molar-refractivity contribution in [1.29, 1.82) is 0 Å². The van der Waals surface area contributed by atoms with E-state index in [1.165, 1.54) is 7.11 Å². The number of alkyl halides is 1. The van der Waals surface area contributed by atoms with Gasteiger partial charge in [-0.1, -0.05) is 21.1 Å². The number of rotatable bonds is 5. The Morgan fingerprint density at radius 1 is 1.80 bits per heavy atom. The van der Waals surface area contributed by atoms with E-state index in [0.717, 1.165) is 11.5 Å². The van der Waals surface area contributed by atoms with Crippen LogP contribution in [0.2, 0.25) is 0 Å². The molecule has 5 nitrogen and oxygen atoms in total. The number of carbonyl (C=O) groups is 1. The van der Waals surface area contributed by atoms with Gasteiger partial charge in [-0.3, -0.25) is 4.79 Å². The molecule has 1 aromatic heterocycles. The van der Waals surface area contributed by atoms with Crippen LogP contribution in [0.4, 0.5) is 0 Å². The summed E-state index contributed by atoms with van der Waals surface area (Å²) in [5.74, 6) is 0.452. The lowest BCUT2D eigenvalue weighted by atomic mass is 10.3. The molecule has 1 heterocycles. The average molecular weight is 277 g/mol. The van der Waals surface area contributed by atoms with Crippen LogP contribution in [0.1, 0.15) is 11.5 Å². The van der Waals surface area contributed by atoms with E-state index in [2.05, 4.69) is 31.1 Å². The van der Waals surface area contributed by atoms with Crippen LogP contribution in [0.5, 0.6) is 0 Å². The fourth-order valence-electron chi connectivity index (χ4n) is 1.03. The second kappa shape index (κ2) is 5.87. The maximum atomic E-state index is 11.0. The van der Waals surface area contributed by atoms with Crippen molar-refractivity contribution in [3.05, 3.63) is 17.5 Å². The van der Waals surface area contributed by atoms with E-state index < -0.39 is 0 Å². The van der Waals surface area contributed by atoms with Crippen LogP contribution in [0.15, 0.2) is 10.6 Å². The standard InChI is InChI=1S/C9H13BrN2O3/c1-6-3-7(15-12-6)4-11-5-8(10)9(13)14-2/h3,8,11H,4-5H2,1-2H3. The molecule has 1 N–H and O–H groups in total. The van der Waals surface area contributed by atoms with Gasteiger partial charge >= 0.3 is 5.97 Å². The van der Waals surface area contributed by atoms with Gasteiger partial charge in [-0.25, -0.2) is 0 Å². The average Bonchev–Trinajstić information content (AvgIpc) is 2.63. The number of nitrogens with one attached hydrogen (secondary N) is 1. The highest BCUT2D eigenvalue weighted by Gasteiger charge is 2.14. The number of esters is 1. The Morgan fingerprint density at radius 3 is 3.07 bits per heavy atom. The first-order valence-corrected chi connectivity index (χ1v) is 5.40. The van der Waals surface area contributed by atoms with Crippen molar-refractivity contribution >= 4 is 21.9 Å². The summed E-state index contributed by atoms with van der Waals surface area (Å²) in [6.45, 7) is 2.88. The first-order chi connectivity index (χ1) is 7.13. The lowest BCUT2D eigenvalue weighted by Gasteiger charge is -2.07. The van der Waals surface area contributed by atoms with Gasteiger partial charge in [0.05, 0.1) is 19.3 Å². The van der Waals surface area contributed by atoms with Gasteiger partial charge in [-0.15, -0.1) is 0 Å². The molecule has 0 aromatic carbocycles. The number of nitrogens with zero attached hydrogens (tertiary/aromatic N) is 1. The summed E-state index contributed by atoms with van der Waals surface area (Å²) in [5, 5.41) is 6.80. The monoisotopic (exact) mass is 276 g/mol. The number of ether oxygens (including phenoxy) is 1. The van der Waals surface area contributed by atoms with E-state index in [9.17, 15) is 4.79 Å². The molecule has 0 radical (unpaired) electrons. The molecule has 1 unspecified atom stereocenters. The number of hydrogen-bond donors (Lipinski definition) is 1. The van der Waals surface area contributed by atoms with Crippen LogP contribution in [0, 0.1) is 6.92 Å². The van der Waals surface area contributed by atoms with E-state index in [1.807, 2.05) is 13.0 Å². The molecule has 0 fully saturated rings. The molecule has 0 saturated heterocycles. The highest BCUT2D eigenvalue weighted by atomic mass is 79.9. The molecular formula is C9H13BrN2O3. The van der Waals surface area contributed by atoms with Gasteiger partial charge in [-0.2, -0.15) is 0 Å². The van der Waals surface area contributed by atoms with Crippen LogP contribution in [-0.4, -0.2) is 29.6 Å². The fourth-order valence-corrected chi connectivity index (χ4v) is 1.45. The first kappa shape index (κ1) is 12.2. The van der Waals surface area contributed by atoms with E-state index in [-0.39, 0.29) is 10.8 Å². The number of methoxy groups -OCH3 is 1. The zero-order valence-electron chi connectivity index (χ0n) is 8.62. The Labute approximate surface area is 96.3 Å². The Morgan fingerprint density at radius 2 is 2.53 bits per heavy atom. The highest BCUT2D eigenvalue weighted by molar-refractivity contribution is 9.10. The Bertz CT molecular complexity index is 327. The molecule has 1 rings (SSSR count). The normalized spacial score (nSPS) is 12.5. The molecule has 0 amide bonds. The summed E-state index contributed by atoms with van der Waals surface area (Å²) < 4.78 is 9.55. The summed E-state index contributed by atoms with van der Waals surface area (Å²) in [6.07, 6.45) is 0. The largest absolute Gasteiger partial charge is 0.468 e. The minimum absolute atomic E-state index is 0.295. The third-order valence-corrected chi connectivity index (χ3v) is 2.45. The molecule has 0 aliphatic rings. The van der Waals surface area contributed by atoms with E-state index in [1.54, 1.807) is 0 Å². The van der Waals surface area contributed by atoms with Gasteiger partial charge in [0.25, 0.3) is 0 Å². The van der Waals surface area contributed by atoms with E-state index >= 15 is 0 Å². The van der Waals surface area contributed by atoms with Crippen LogP contribution < -0.4 is 5.32 Å². The second-order valence-electron chi connectivity index (χ2n) is 3.06. The van der Waals surface area contributed by atoms with Crippen molar-refractivity contribution in [2.75, 3.05) is 13.7 Å². The van der Waals surface area contributed by atoms with Gasteiger partial charge < -0.3 is 14.6 Å². The number of carbonyl (C=O) groups excluding carboxylic acids is 1. The van der Waals surface area contributed by atoms with Crippen molar-refractivity contribution in [2.45, 2.75) is 18.3 Å². The summed E-state index contributed by atoms with van der Waals surface area (Å²) in [5.41, 5.74) is 0.843. The van der Waals surface area contributed by atoms with E-state index in [0.29, 0.717) is 13.1 Å². The minimum atomic E-state index is -0.341. The smallest absolute Gasteiger partial charge is 0.320 e. The quantitative estimate of drug-likeness (QED) is 0.642. The Balaban J connectivity index is 2.24. The second-order valence-corrected chi connectivity index (χ2v) is 4.16. The number of hydrogen-bond acceptors (Lipinski definition) is 5. The number of halogens is 1. The highest BCUT2D eigenvalue weighted by Crippen LogP contribution is 2.03. The molecule has 0 spiro atoms. The van der Waals surface area contributed by atoms with Crippen LogP contribution in [0.3, 0.4) is 0 Å². The SMILES string of the molecule is COC(=O)C(Br)CNCc1cc(C)no1. The third kappa shape index (κ3) is 4.01. The molecule has 0 saturated carbocycles. The van der Waals surface area contributed by atoms with Gasteiger partial charge in [0.2, 0.25) is 0 Å². The molecule has 84 valence electrons. The third-order valence-electron chi connectivity index (χ3n) is 1.76. The minimum Gasteiger partial charge on any atom is -0.468 e. The molecule has 1 aromatic rings. The predicted octanol–water partition coefficient (Wildman–Crippen LogP) is 1.01. The van der Waals surface area contributed by atoms with Crippen LogP contribution >= 0.6 is 15.9 Å². The number of aryl methyl sites for hydroxylation is 1. The summed E-state index contributed by atoms with van der Waals surface area (Å²) in [7, 11) is 1.36. The lowest BCUT2D eigenvalue weighted by Crippen LogP contribution is -2.29. The molecule has 0 aliphatic heterocycles. The van der Waals surface area contributed by atoms with Crippen LogP contribution in [-0.2, 0) is 16.1 Å². The molecular weight excluding hydrogens is 264 g/mol.